The fraction of sp³-hybridized carbons (Fsp3) is 0. The highest BCUT2D eigenvalue weighted by Crippen LogP contribution is 2.20. The first-order valence-corrected chi connectivity index (χ1v) is 7.59. The number of hydrogen-bond acceptors (Lipinski definition) is 3. The summed E-state index contributed by atoms with van der Waals surface area (Å²) in [5.74, 6) is -1.40. The van der Waals surface area contributed by atoms with Crippen molar-refractivity contribution in [2.24, 2.45) is 5.14 Å². The number of nitrogens with two attached hydrogens (primary N) is 1. The summed E-state index contributed by atoms with van der Waals surface area (Å²) < 4.78 is 36.1. The SMILES string of the molecule is NS(=O)(=O)c1ccc(F)c(NC(=O)c2cccc(Cl)c2)c1. The number of primary sulfonamides is 1. The van der Waals surface area contributed by atoms with Crippen LogP contribution in [0.15, 0.2) is 47.4 Å². The van der Waals surface area contributed by atoms with E-state index < -0.39 is 21.7 Å². The van der Waals surface area contributed by atoms with E-state index in [1.165, 1.54) is 12.1 Å². The minimum Gasteiger partial charge on any atom is -0.319 e. The number of halogens is 2. The van der Waals surface area contributed by atoms with Crippen molar-refractivity contribution in [1.82, 2.24) is 0 Å². The molecule has 2 aromatic carbocycles. The van der Waals surface area contributed by atoms with Crippen LogP contribution in [0.1, 0.15) is 10.4 Å². The average Bonchev–Trinajstić information content (AvgIpc) is 2.40. The summed E-state index contributed by atoms with van der Waals surface area (Å²) >= 11 is 5.76. The van der Waals surface area contributed by atoms with Crippen molar-refractivity contribution in [3.8, 4) is 0 Å². The zero-order chi connectivity index (χ0) is 15.6. The van der Waals surface area contributed by atoms with Gasteiger partial charge in [0.25, 0.3) is 5.91 Å². The third kappa shape index (κ3) is 3.78. The lowest BCUT2D eigenvalue weighted by Gasteiger charge is -2.08. The fourth-order valence-electron chi connectivity index (χ4n) is 1.60. The second-order valence-electron chi connectivity index (χ2n) is 4.15. The Morgan fingerprint density at radius 3 is 2.52 bits per heavy atom. The van der Waals surface area contributed by atoms with Crippen molar-refractivity contribution >= 4 is 33.2 Å². The molecule has 0 aliphatic carbocycles. The highest BCUT2D eigenvalue weighted by atomic mass is 35.5. The van der Waals surface area contributed by atoms with Crippen LogP contribution >= 0.6 is 11.6 Å². The third-order valence-electron chi connectivity index (χ3n) is 2.60. The number of carbonyl (C=O) groups is 1. The van der Waals surface area contributed by atoms with Crippen LogP contribution in [-0.4, -0.2) is 14.3 Å². The van der Waals surface area contributed by atoms with Crippen molar-refractivity contribution in [1.29, 1.82) is 0 Å². The van der Waals surface area contributed by atoms with E-state index in [2.05, 4.69) is 5.32 Å². The Balaban J connectivity index is 2.33. The minimum atomic E-state index is -3.99. The molecule has 0 fully saturated rings. The average molecular weight is 329 g/mol. The van der Waals surface area contributed by atoms with Crippen LogP contribution < -0.4 is 10.5 Å². The monoisotopic (exact) mass is 328 g/mol. The summed E-state index contributed by atoms with van der Waals surface area (Å²) in [6, 6.07) is 8.91. The summed E-state index contributed by atoms with van der Waals surface area (Å²) in [5.41, 5.74) is -0.0746. The molecule has 0 bridgehead atoms. The van der Waals surface area contributed by atoms with E-state index in [9.17, 15) is 17.6 Å². The zero-order valence-electron chi connectivity index (χ0n) is 10.5. The Hall–Kier alpha value is -1.96. The second-order valence-corrected chi connectivity index (χ2v) is 6.15. The van der Waals surface area contributed by atoms with E-state index in [4.69, 9.17) is 16.7 Å². The molecule has 0 aromatic heterocycles. The number of nitrogens with one attached hydrogen (secondary N) is 1. The molecule has 0 aliphatic rings. The Morgan fingerprint density at radius 1 is 1.19 bits per heavy atom. The van der Waals surface area contributed by atoms with Gasteiger partial charge in [-0.25, -0.2) is 17.9 Å². The van der Waals surface area contributed by atoms with Crippen molar-refractivity contribution in [3.05, 3.63) is 58.9 Å². The molecule has 8 heteroatoms. The van der Waals surface area contributed by atoms with E-state index >= 15 is 0 Å². The molecule has 0 heterocycles. The van der Waals surface area contributed by atoms with Gasteiger partial charge in [-0.05, 0) is 36.4 Å². The topological polar surface area (TPSA) is 89.3 Å². The first-order valence-electron chi connectivity index (χ1n) is 5.66. The van der Waals surface area contributed by atoms with Gasteiger partial charge in [-0.15, -0.1) is 0 Å². The Labute approximate surface area is 125 Å². The molecule has 0 atom stereocenters. The molecule has 21 heavy (non-hydrogen) atoms. The molecule has 0 unspecified atom stereocenters. The van der Waals surface area contributed by atoms with Gasteiger partial charge in [0, 0.05) is 10.6 Å². The number of hydrogen-bond donors (Lipinski definition) is 2. The van der Waals surface area contributed by atoms with Gasteiger partial charge in [0.1, 0.15) is 5.82 Å². The number of anilines is 1. The van der Waals surface area contributed by atoms with Gasteiger partial charge in [-0.2, -0.15) is 0 Å². The standard InChI is InChI=1S/C13H10ClFN2O3S/c14-9-3-1-2-8(6-9)13(18)17-12-7-10(21(16,19)20)4-5-11(12)15/h1-7H,(H,17,18)(H2,16,19,20). The Kier molecular flexibility index (Phi) is 4.26. The molecule has 2 aromatic rings. The van der Waals surface area contributed by atoms with Crippen LogP contribution in [0.5, 0.6) is 0 Å². The van der Waals surface area contributed by atoms with Crippen molar-refractivity contribution in [2.45, 2.75) is 4.90 Å². The highest BCUT2D eigenvalue weighted by molar-refractivity contribution is 7.89. The van der Waals surface area contributed by atoms with Crippen LogP contribution in [0.4, 0.5) is 10.1 Å². The van der Waals surface area contributed by atoms with E-state index in [0.29, 0.717) is 5.02 Å². The van der Waals surface area contributed by atoms with Gasteiger partial charge < -0.3 is 5.32 Å². The van der Waals surface area contributed by atoms with Crippen LogP contribution in [0.25, 0.3) is 0 Å². The molecule has 110 valence electrons. The van der Waals surface area contributed by atoms with Gasteiger partial charge in [0.2, 0.25) is 10.0 Å². The second kappa shape index (κ2) is 5.80. The van der Waals surface area contributed by atoms with Gasteiger partial charge >= 0.3 is 0 Å². The van der Waals surface area contributed by atoms with Crippen LogP contribution in [-0.2, 0) is 10.0 Å². The van der Waals surface area contributed by atoms with Gasteiger partial charge in [-0.3, -0.25) is 4.79 Å². The molecular formula is C13H10ClFN2O3S. The van der Waals surface area contributed by atoms with E-state index in [-0.39, 0.29) is 16.1 Å². The lowest BCUT2D eigenvalue weighted by molar-refractivity contribution is 0.102. The smallest absolute Gasteiger partial charge is 0.255 e. The van der Waals surface area contributed by atoms with E-state index in [0.717, 1.165) is 18.2 Å². The van der Waals surface area contributed by atoms with E-state index in [1.807, 2.05) is 0 Å². The lowest BCUT2D eigenvalue weighted by Crippen LogP contribution is -2.16. The number of benzene rings is 2. The van der Waals surface area contributed by atoms with Crippen molar-refractivity contribution < 1.29 is 17.6 Å². The minimum absolute atomic E-state index is 0.211. The summed E-state index contributed by atoms with van der Waals surface area (Å²) in [6.07, 6.45) is 0. The number of sulfonamides is 1. The maximum absolute atomic E-state index is 13.6. The summed E-state index contributed by atoms with van der Waals surface area (Å²) in [4.78, 5) is 11.7. The predicted octanol–water partition coefficient (Wildman–Crippen LogP) is 2.38. The van der Waals surface area contributed by atoms with Crippen LogP contribution in [0.2, 0.25) is 5.02 Å². The summed E-state index contributed by atoms with van der Waals surface area (Å²) in [6.45, 7) is 0. The molecule has 1 amide bonds. The molecular weight excluding hydrogens is 319 g/mol. The van der Waals surface area contributed by atoms with Crippen LogP contribution in [0.3, 0.4) is 0 Å². The van der Waals surface area contributed by atoms with Crippen molar-refractivity contribution in [2.75, 3.05) is 5.32 Å². The van der Waals surface area contributed by atoms with Gasteiger partial charge in [0.05, 0.1) is 10.6 Å². The number of amides is 1. The molecule has 2 rings (SSSR count). The van der Waals surface area contributed by atoms with Crippen LogP contribution in [0, 0.1) is 5.82 Å². The quantitative estimate of drug-likeness (QED) is 0.906. The van der Waals surface area contributed by atoms with Gasteiger partial charge in [-0.1, -0.05) is 17.7 Å². The molecule has 0 spiro atoms. The Morgan fingerprint density at radius 2 is 1.90 bits per heavy atom. The summed E-state index contributed by atoms with van der Waals surface area (Å²) in [7, 11) is -3.99. The first kappa shape index (κ1) is 15.4. The molecule has 0 radical (unpaired) electrons. The molecule has 5 nitrogen and oxygen atoms in total. The molecule has 0 aliphatic heterocycles. The largest absolute Gasteiger partial charge is 0.319 e. The first-order chi connectivity index (χ1) is 9.77. The molecule has 3 N–H and O–H groups in total. The highest BCUT2D eigenvalue weighted by Gasteiger charge is 2.14. The zero-order valence-corrected chi connectivity index (χ0v) is 12.1. The Bertz CT molecular complexity index is 809. The fourth-order valence-corrected chi connectivity index (χ4v) is 2.33. The maximum atomic E-state index is 13.6. The van der Waals surface area contributed by atoms with Crippen molar-refractivity contribution in [3.63, 3.8) is 0 Å². The predicted molar refractivity (Wildman–Crippen MR) is 77.2 cm³/mol. The lowest BCUT2D eigenvalue weighted by atomic mass is 10.2. The number of rotatable bonds is 3. The third-order valence-corrected chi connectivity index (χ3v) is 3.75. The normalized spacial score (nSPS) is 11.2. The van der Waals surface area contributed by atoms with E-state index in [1.54, 1.807) is 12.1 Å². The maximum Gasteiger partial charge on any atom is 0.255 e. The number of carbonyl (C=O) groups excluding carboxylic acids is 1. The van der Waals surface area contributed by atoms with Gasteiger partial charge in [0.15, 0.2) is 0 Å². The summed E-state index contributed by atoms with van der Waals surface area (Å²) in [5, 5.41) is 7.58. The molecule has 0 saturated carbocycles. The molecule has 0 saturated heterocycles.